The van der Waals surface area contributed by atoms with E-state index in [1.807, 2.05) is 18.2 Å². The van der Waals surface area contributed by atoms with E-state index in [0.29, 0.717) is 0 Å². The Morgan fingerprint density at radius 3 is 2.44 bits per heavy atom. The monoisotopic (exact) mass is 119 g/mol. The Labute approximate surface area is 56.5 Å². The van der Waals surface area contributed by atoms with Crippen molar-refractivity contribution >= 4 is 0 Å². The highest BCUT2D eigenvalue weighted by Crippen LogP contribution is 2.05. The highest BCUT2D eigenvalue weighted by Gasteiger charge is 1.80. The van der Waals surface area contributed by atoms with E-state index in [9.17, 15) is 0 Å². The van der Waals surface area contributed by atoms with Crippen LogP contribution >= 0.6 is 0 Å². The van der Waals surface area contributed by atoms with E-state index < -0.39 is 0 Å². The van der Waals surface area contributed by atoms with Gasteiger partial charge in [0.1, 0.15) is 0 Å². The van der Waals surface area contributed by atoms with E-state index in [1.165, 1.54) is 5.56 Å². The fraction of sp³-hybridized carbons (Fsp3) is 0.222. The van der Waals surface area contributed by atoms with Crippen LogP contribution in [0.2, 0.25) is 0 Å². The summed E-state index contributed by atoms with van der Waals surface area (Å²) in [6, 6.07) is 8.22. The third-order valence-electron chi connectivity index (χ3n) is 1.50. The van der Waals surface area contributed by atoms with Crippen molar-refractivity contribution in [2.45, 2.75) is 13.3 Å². The molecule has 0 bridgehead atoms. The minimum absolute atomic E-state index is 1.08. The van der Waals surface area contributed by atoms with Crippen molar-refractivity contribution in [1.29, 1.82) is 0 Å². The molecule has 0 nitrogen and oxygen atoms in total. The molecule has 1 aromatic carbocycles. The number of benzene rings is 1. The van der Waals surface area contributed by atoms with Gasteiger partial charge in [0.15, 0.2) is 0 Å². The van der Waals surface area contributed by atoms with Crippen LogP contribution in [-0.4, -0.2) is 0 Å². The molecule has 0 aliphatic heterocycles. The van der Waals surface area contributed by atoms with E-state index in [2.05, 4.69) is 19.9 Å². The Morgan fingerprint density at radius 1 is 1.33 bits per heavy atom. The van der Waals surface area contributed by atoms with Gasteiger partial charge in [0.25, 0.3) is 0 Å². The summed E-state index contributed by atoms with van der Waals surface area (Å²) in [6.07, 6.45) is 1.08. The second-order valence-electron chi connectivity index (χ2n) is 2.12. The van der Waals surface area contributed by atoms with Crippen molar-refractivity contribution in [3.8, 4) is 0 Å². The zero-order valence-electron chi connectivity index (χ0n) is 5.72. The van der Waals surface area contributed by atoms with E-state index in [4.69, 9.17) is 0 Å². The predicted octanol–water partition coefficient (Wildman–Crippen LogP) is 2.43. The third kappa shape index (κ3) is 1.26. The van der Waals surface area contributed by atoms with Gasteiger partial charge in [-0.2, -0.15) is 18.6 Å². The van der Waals surface area contributed by atoms with Crippen molar-refractivity contribution in [1.82, 2.24) is 0 Å². The summed E-state index contributed by atoms with van der Waals surface area (Å²) < 4.78 is 0. The third-order valence-corrected chi connectivity index (χ3v) is 1.50. The molecule has 0 fully saturated rings. The maximum absolute atomic E-state index is 3.89. The summed E-state index contributed by atoms with van der Waals surface area (Å²) in [4.78, 5) is 0. The first-order valence-electron chi connectivity index (χ1n) is 3.24. The molecule has 0 radical (unpaired) electrons. The molecule has 9 heavy (non-hydrogen) atoms. The van der Waals surface area contributed by atoms with Gasteiger partial charge in [-0.25, -0.2) is 0 Å². The minimum atomic E-state index is 1.08. The molecule has 0 heteroatoms. The largest absolute Gasteiger partial charge is 0.198 e. The first-order valence-corrected chi connectivity index (χ1v) is 3.24. The van der Waals surface area contributed by atoms with Gasteiger partial charge in [0.2, 0.25) is 0 Å². The molecular formula is C9H11-. The molecule has 0 aliphatic carbocycles. The van der Waals surface area contributed by atoms with E-state index in [0.717, 1.165) is 12.0 Å². The lowest BCUT2D eigenvalue weighted by Crippen LogP contribution is -1.82. The van der Waals surface area contributed by atoms with Crippen LogP contribution in [0.1, 0.15) is 18.1 Å². The van der Waals surface area contributed by atoms with E-state index >= 15 is 0 Å². The quantitative estimate of drug-likeness (QED) is 0.498. The molecule has 0 saturated heterocycles. The zero-order valence-corrected chi connectivity index (χ0v) is 5.72. The predicted molar refractivity (Wildman–Crippen MR) is 40.3 cm³/mol. The Hall–Kier alpha value is -0.910. The van der Waals surface area contributed by atoms with Crippen LogP contribution in [0.5, 0.6) is 0 Å². The molecule has 0 aliphatic rings. The van der Waals surface area contributed by atoms with Crippen LogP contribution in [0.15, 0.2) is 24.3 Å². The van der Waals surface area contributed by atoms with Crippen LogP contribution in [0, 0.1) is 6.92 Å². The zero-order chi connectivity index (χ0) is 6.69. The van der Waals surface area contributed by atoms with Crippen molar-refractivity contribution in [3.05, 3.63) is 42.3 Å². The second-order valence-corrected chi connectivity index (χ2v) is 2.12. The lowest BCUT2D eigenvalue weighted by Gasteiger charge is -2.08. The van der Waals surface area contributed by atoms with Crippen molar-refractivity contribution in [3.63, 3.8) is 0 Å². The first-order chi connectivity index (χ1) is 4.34. The highest BCUT2D eigenvalue weighted by atomic mass is 13.9. The summed E-state index contributed by atoms with van der Waals surface area (Å²) in [5, 5.41) is 0. The fourth-order valence-corrected chi connectivity index (χ4v) is 0.902. The number of hydrogen-bond donors (Lipinski definition) is 0. The van der Waals surface area contributed by atoms with Crippen molar-refractivity contribution in [2.75, 3.05) is 0 Å². The summed E-state index contributed by atoms with van der Waals surface area (Å²) in [6.45, 7) is 6.03. The summed E-state index contributed by atoms with van der Waals surface area (Å²) in [5.74, 6) is 0. The molecular weight excluding hydrogens is 108 g/mol. The number of rotatable bonds is 1. The molecule has 48 valence electrons. The van der Waals surface area contributed by atoms with Crippen molar-refractivity contribution in [2.24, 2.45) is 0 Å². The standard InChI is InChI=1S/C9H11/c1-3-9-7-5-4-6-8(9)2/h4-7H,2-3H2,1H3/q-1. The lowest BCUT2D eigenvalue weighted by atomic mass is 10.1. The van der Waals surface area contributed by atoms with Crippen LogP contribution in [0.3, 0.4) is 0 Å². The van der Waals surface area contributed by atoms with Crippen LogP contribution in [0.25, 0.3) is 0 Å². The second kappa shape index (κ2) is 2.58. The van der Waals surface area contributed by atoms with E-state index in [1.54, 1.807) is 0 Å². The maximum Gasteiger partial charge on any atom is -0.0719 e. The van der Waals surface area contributed by atoms with Crippen molar-refractivity contribution < 1.29 is 0 Å². The van der Waals surface area contributed by atoms with Gasteiger partial charge in [0, 0.05) is 0 Å². The molecule has 1 rings (SSSR count). The van der Waals surface area contributed by atoms with Gasteiger partial charge in [-0.05, 0) is 0 Å². The minimum Gasteiger partial charge on any atom is -0.198 e. The van der Waals surface area contributed by atoms with Gasteiger partial charge in [-0.1, -0.05) is 19.4 Å². The van der Waals surface area contributed by atoms with Gasteiger partial charge in [0.05, 0.1) is 0 Å². The van der Waals surface area contributed by atoms with Gasteiger partial charge < -0.3 is 0 Å². The Kier molecular flexibility index (Phi) is 1.78. The molecule has 1 aromatic rings. The van der Waals surface area contributed by atoms with Crippen LogP contribution < -0.4 is 0 Å². The highest BCUT2D eigenvalue weighted by molar-refractivity contribution is 5.28. The molecule has 0 saturated carbocycles. The molecule has 0 amide bonds. The summed E-state index contributed by atoms with van der Waals surface area (Å²) >= 11 is 0. The molecule has 0 atom stereocenters. The summed E-state index contributed by atoms with van der Waals surface area (Å²) in [7, 11) is 0. The van der Waals surface area contributed by atoms with Crippen LogP contribution in [-0.2, 0) is 6.42 Å². The molecule has 0 spiro atoms. The molecule has 0 aromatic heterocycles. The lowest BCUT2D eigenvalue weighted by molar-refractivity contribution is 1.13. The van der Waals surface area contributed by atoms with Gasteiger partial charge >= 0.3 is 0 Å². The maximum atomic E-state index is 3.89. The van der Waals surface area contributed by atoms with Gasteiger partial charge in [-0.3, -0.25) is 0 Å². The Morgan fingerprint density at radius 2 is 2.00 bits per heavy atom. The average molecular weight is 119 g/mol. The topological polar surface area (TPSA) is 0 Å². The SMILES string of the molecule is [CH2-]c1ccccc1CC. The smallest absolute Gasteiger partial charge is 0.0719 e. The van der Waals surface area contributed by atoms with Crippen LogP contribution in [0.4, 0.5) is 0 Å². The number of aryl methyl sites for hydroxylation is 1. The van der Waals surface area contributed by atoms with Gasteiger partial charge in [-0.15, -0.1) is 17.7 Å². The summed E-state index contributed by atoms with van der Waals surface area (Å²) in [5.41, 5.74) is 2.50. The average Bonchev–Trinajstić information content (AvgIpc) is 1.89. The molecule has 0 heterocycles. The van der Waals surface area contributed by atoms with E-state index in [-0.39, 0.29) is 0 Å². The molecule has 0 N–H and O–H groups in total. The first kappa shape index (κ1) is 6.21. The Balaban J connectivity index is 3.01. The molecule has 0 unspecified atom stereocenters. The fourth-order valence-electron chi connectivity index (χ4n) is 0.902. The number of hydrogen-bond acceptors (Lipinski definition) is 0. The Bertz CT molecular complexity index is 189. The normalized spacial score (nSPS) is 9.44.